The van der Waals surface area contributed by atoms with Crippen molar-refractivity contribution in [3.05, 3.63) is 81.6 Å². The van der Waals surface area contributed by atoms with Crippen LogP contribution in [0, 0.1) is 15.9 Å². The molecule has 0 fully saturated rings. The number of hydrogen-bond acceptors (Lipinski definition) is 11. The molecule has 0 saturated carbocycles. The molecule has 0 spiro atoms. The first-order valence-electron chi connectivity index (χ1n) is 12.0. The van der Waals surface area contributed by atoms with Crippen LogP contribution >= 0.6 is 22.7 Å². The molecule has 0 aliphatic rings. The monoisotopic (exact) mass is 591 g/mol. The number of thiophene rings is 1. The first-order chi connectivity index (χ1) is 19.9. The summed E-state index contributed by atoms with van der Waals surface area (Å²) < 4.78 is 26.7. The molecule has 0 radical (unpaired) electrons. The number of thiazole rings is 1. The van der Waals surface area contributed by atoms with Crippen LogP contribution in [0.5, 0.6) is 5.19 Å². The number of carbonyl (C=O) groups excluding carboxylic acids is 1. The number of hydrogen-bond donors (Lipinski definition) is 1. The van der Waals surface area contributed by atoms with Gasteiger partial charge < -0.3 is 14.8 Å². The molecule has 0 bridgehead atoms. The van der Waals surface area contributed by atoms with Crippen LogP contribution < -0.4 is 10.1 Å². The Kier molecular flexibility index (Phi) is 7.05. The van der Waals surface area contributed by atoms with E-state index in [1.54, 1.807) is 19.2 Å². The number of methoxy groups -OCH3 is 1. The summed E-state index contributed by atoms with van der Waals surface area (Å²) in [7, 11) is 1.59. The standard InChI is InChI=1S/C26H18FN7O5S2/c1-38-10-11-39-26-29-18-12-14(2-7-19(18)41-26)22-30-23(32-25(35)20-8-9-21(40-20)34(36)37)17-13-28-33(24(17)31-22)16-5-3-15(27)4-6-16/h2-9,12-13H,10-11H2,1H3,(H,30,31,32,35). The Labute approximate surface area is 238 Å². The molecule has 12 nitrogen and oxygen atoms in total. The zero-order valence-electron chi connectivity index (χ0n) is 21.1. The van der Waals surface area contributed by atoms with Gasteiger partial charge >= 0.3 is 5.00 Å². The molecular weight excluding hydrogens is 573 g/mol. The second kappa shape index (κ2) is 11.0. The number of nitro groups is 1. The Bertz CT molecular complexity index is 1920. The van der Waals surface area contributed by atoms with Gasteiger partial charge in [-0.2, -0.15) is 5.10 Å². The van der Waals surface area contributed by atoms with Crippen molar-refractivity contribution in [2.24, 2.45) is 0 Å². The van der Waals surface area contributed by atoms with E-state index in [1.807, 2.05) is 18.2 Å². The number of benzene rings is 2. The highest BCUT2D eigenvalue weighted by Gasteiger charge is 2.21. The topological polar surface area (TPSA) is 147 Å². The third-order valence-corrected chi connectivity index (χ3v) is 7.85. The summed E-state index contributed by atoms with van der Waals surface area (Å²) in [5.74, 6) is -0.552. The highest BCUT2D eigenvalue weighted by molar-refractivity contribution is 7.20. The van der Waals surface area contributed by atoms with Crippen LogP contribution in [0.1, 0.15) is 9.67 Å². The van der Waals surface area contributed by atoms with E-state index in [2.05, 4.69) is 20.4 Å². The van der Waals surface area contributed by atoms with E-state index in [9.17, 15) is 19.3 Å². The predicted molar refractivity (Wildman–Crippen MR) is 152 cm³/mol. The van der Waals surface area contributed by atoms with Gasteiger partial charge in [0.2, 0.25) is 0 Å². The van der Waals surface area contributed by atoms with E-state index in [1.165, 1.54) is 46.5 Å². The van der Waals surface area contributed by atoms with Gasteiger partial charge in [0.25, 0.3) is 11.1 Å². The van der Waals surface area contributed by atoms with E-state index in [0.717, 1.165) is 16.0 Å². The van der Waals surface area contributed by atoms with Gasteiger partial charge in [-0.25, -0.2) is 24.0 Å². The zero-order valence-corrected chi connectivity index (χ0v) is 22.7. The minimum atomic E-state index is -0.573. The van der Waals surface area contributed by atoms with Gasteiger partial charge in [0.15, 0.2) is 11.5 Å². The normalized spacial score (nSPS) is 11.3. The van der Waals surface area contributed by atoms with Gasteiger partial charge in [-0.05, 0) is 48.5 Å². The van der Waals surface area contributed by atoms with Crippen molar-refractivity contribution in [1.82, 2.24) is 24.7 Å². The van der Waals surface area contributed by atoms with Crippen LogP contribution in [-0.2, 0) is 4.74 Å². The fourth-order valence-electron chi connectivity index (χ4n) is 3.94. The fraction of sp³-hybridized carbons (Fsp3) is 0.115. The molecule has 2 aromatic carbocycles. The van der Waals surface area contributed by atoms with Crippen molar-refractivity contribution in [1.29, 1.82) is 0 Å². The molecule has 1 N–H and O–H groups in total. The summed E-state index contributed by atoms with van der Waals surface area (Å²) >= 11 is 2.14. The second-order valence-electron chi connectivity index (χ2n) is 8.52. The molecule has 0 saturated heterocycles. The van der Waals surface area contributed by atoms with Gasteiger partial charge in [0.05, 0.1) is 43.9 Å². The van der Waals surface area contributed by atoms with Crippen LogP contribution in [0.25, 0.3) is 38.3 Å². The molecule has 41 heavy (non-hydrogen) atoms. The van der Waals surface area contributed by atoms with Crippen LogP contribution in [-0.4, -0.2) is 55.9 Å². The number of nitrogens with one attached hydrogen (secondary N) is 1. The number of anilines is 1. The van der Waals surface area contributed by atoms with E-state index < -0.39 is 16.6 Å². The number of ether oxygens (including phenoxy) is 2. The SMILES string of the molecule is COCCOc1nc2cc(-c3nc(NC(=O)c4ccc([N+](=O)[O-])s4)c4cnn(-c5ccc(F)cc5)c4n3)ccc2s1. The number of halogens is 1. The quantitative estimate of drug-likeness (QED) is 0.131. The van der Waals surface area contributed by atoms with Crippen LogP contribution in [0.3, 0.4) is 0 Å². The molecule has 0 atom stereocenters. The Hall–Kier alpha value is -4.86. The minimum absolute atomic E-state index is 0.140. The highest BCUT2D eigenvalue weighted by Crippen LogP contribution is 2.33. The third-order valence-electron chi connectivity index (χ3n) is 5.87. The van der Waals surface area contributed by atoms with Gasteiger partial charge in [-0.15, -0.1) is 0 Å². The van der Waals surface area contributed by atoms with Crippen molar-refractivity contribution in [3.8, 4) is 22.3 Å². The van der Waals surface area contributed by atoms with Gasteiger partial charge in [-0.3, -0.25) is 14.9 Å². The van der Waals surface area contributed by atoms with E-state index in [4.69, 9.17) is 14.5 Å². The maximum atomic E-state index is 13.6. The number of aromatic nitrogens is 5. The lowest BCUT2D eigenvalue weighted by atomic mass is 10.2. The van der Waals surface area contributed by atoms with Crippen molar-refractivity contribution in [3.63, 3.8) is 0 Å². The maximum absolute atomic E-state index is 13.6. The second-order valence-corrected chi connectivity index (χ2v) is 10.6. The first-order valence-corrected chi connectivity index (χ1v) is 13.6. The predicted octanol–water partition coefficient (Wildman–Crippen LogP) is 5.48. The summed E-state index contributed by atoms with van der Waals surface area (Å²) in [6.45, 7) is 0.802. The summed E-state index contributed by atoms with van der Waals surface area (Å²) in [5.41, 5.74) is 2.19. The lowest BCUT2D eigenvalue weighted by Crippen LogP contribution is -2.12. The smallest absolute Gasteiger partial charge is 0.324 e. The third kappa shape index (κ3) is 5.32. The molecular formula is C26H18FN7O5S2. The molecule has 15 heteroatoms. The van der Waals surface area contributed by atoms with Gasteiger partial charge in [0, 0.05) is 18.7 Å². The minimum Gasteiger partial charge on any atom is -0.468 e. The summed E-state index contributed by atoms with van der Waals surface area (Å²) in [6, 6.07) is 13.9. The largest absolute Gasteiger partial charge is 0.468 e. The molecule has 4 heterocycles. The van der Waals surface area contributed by atoms with E-state index in [-0.39, 0.29) is 21.5 Å². The molecule has 206 valence electrons. The number of rotatable bonds is 9. The molecule has 6 aromatic rings. The lowest BCUT2D eigenvalue weighted by molar-refractivity contribution is -0.380. The Morgan fingerprint density at radius 2 is 1.90 bits per heavy atom. The Morgan fingerprint density at radius 3 is 2.66 bits per heavy atom. The molecule has 6 rings (SSSR count). The molecule has 1 amide bonds. The van der Waals surface area contributed by atoms with Crippen LogP contribution in [0.15, 0.2) is 60.8 Å². The van der Waals surface area contributed by atoms with Gasteiger partial charge in [-0.1, -0.05) is 22.7 Å². The number of nitrogens with zero attached hydrogens (tertiary/aromatic N) is 6. The molecule has 0 unspecified atom stereocenters. The fourth-order valence-corrected chi connectivity index (χ4v) is 5.48. The van der Waals surface area contributed by atoms with Crippen LogP contribution in [0.4, 0.5) is 15.2 Å². The van der Waals surface area contributed by atoms with Crippen molar-refractivity contribution >= 4 is 60.6 Å². The average Bonchev–Trinajstić information content (AvgIpc) is 3.71. The Morgan fingerprint density at radius 1 is 1.07 bits per heavy atom. The lowest BCUT2D eigenvalue weighted by Gasteiger charge is -2.09. The maximum Gasteiger partial charge on any atom is 0.324 e. The van der Waals surface area contributed by atoms with Gasteiger partial charge in [0.1, 0.15) is 18.2 Å². The number of amides is 1. The van der Waals surface area contributed by atoms with Crippen molar-refractivity contribution in [2.75, 3.05) is 25.6 Å². The summed E-state index contributed by atoms with van der Waals surface area (Å²) in [4.78, 5) is 37.6. The highest BCUT2D eigenvalue weighted by atomic mass is 32.1. The van der Waals surface area contributed by atoms with E-state index >= 15 is 0 Å². The molecule has 0 aliphatic heterocycles. The summed E-state index contributed by atoms with van der Waals surface area (Å²) in [5, 5.41) is 19.0. The zero-order chi connectivity index (χ0) is 28.5. The van der Waals surface area contributed by atoms with Crippen molar-refractivity contribution in [2.45, 2.75) is 0 Å². The molecule has 4 aromatic heterocycles. The number of carbonyl (C=O) groups is 1. The number of fused-ring (bicyclic) bond motifs is 2. The van der Waals surface area contributed by atoms with Crippen molar-refractivity contribution < 1.29 is 23.6 Å². The summed E-state index contributed by atoms with van der Waals surface area (Å²) in [6.07, 6.45) is 1.49. The Balaban J connectivity index is 1.43. The average molecular weight is 592 g/mol. The molecule has 0 aliphatic carbocycles. The van der Waals surface area contributed by atoms with E-state index in [0.29, 0.717) is 46.2 Å². The van der Waals surface area contributed by atoms with Crippen LogP contribution in [0.2, 0.25) is 0 Å². The first kappa shape index (κ1) is 26.4.